The number of thiophene rings is 1. The Morgan fingerprint density at radius 3 is 2.75 bits per heavy atom. The number of aryl methyl sites for hydroxylation is 1. The third-order valence-corrected chi connectivity index (χ3v) is 6.36. The van der Waals surface area contributed by atoms with Crippen LogP contribution >= 0.6 is 11.3 Å². The van der Waals surface area contributed by atoms with Gasteiger partial charge in [-0.3, -0.25) is 9.59 Å². The van der Waals surface area contributed by atoms with E-state index in [1.807, 2.05) is 49.6 Å². The number of benzene rings is 1. The lowest BCUT2D eigenvalue weighted by Crippen LogP contribution is -2.30. The van der Waals surface area contributed by atoms with Crippen molar-refractivity contribution >= 4 is 39.7 Å². The number of amides is 1. The van der Waals surface area contributed by atoms with Crippen molar-refractivity contribution in [1.29, 1.82) is 0 Å². The van der Waals surface area contributed by atoms with Crippen LogP contribution in [-0.4, -0.2) is 33.2 Å². The summed E-state index contributed by atoms with van der Waals surface area (Å²) in [6, 6.07) is 9.02. The molecule has 4 rings (SSSR count). The SMILES string of the molecule is CCCCN1C(=O)C(=O)/C(=C(/O)c2c[nH]c3ccccc23)C1c1sccc1C. The minimum absolute atomic E-state index is 0.118. The molecule has 1 saturated heterocycles. The fourth-order valence-electron chi connectivity index (χ4n) is 3.79. The molecule has 0 spiro atoms. The van der Waals surface area contributed by atoms with Gasteiger partial charge in [0.25, 0.3) is 11.7 Å². The molecule has 1 fully saturated rings. The molecule has 0 aliphatic carbocycles. The Labute approximate surface area is 167 Å². The predicted molar refractivity (Wildman–Crippen MR) is 111 cm³/mol. The predicted octanol–water partition coefficient (Wildman–Crippen LogP) is 4.76. The molecule has 2 N–H and O–H groups in total. The number of aromatic nitrogens is 1. The highest BCUT2D eigenvalue weighted by Crippen LogP contribution is 2.43. The van der Waals surface area contributed by atoms with Crippen LogP contribution in [0.5, 0.6) is 0 Å². The third-order valence-electron chi connectivity index (χ3n) is 5.29. The number of hydrogen-bond acceptors (Lipinski definition) is 4. The number of nitrogens with zero attached hydrogens (tertiary/aromatic N) is 1. The Morgan fingerprint density at radius 1 is 1.25 bits per heavy atom. The molecule has 1 aromatic carbocycles. The van der Waals surface area contributed by atoms with E-state index in [1.165, 1.54) is 11.3 Å². The molecule has 6 heteroatoms. The number of aromatic amines is 1. The summed E-state index contributed by atoms with van der Waals surface area (Å²) in [6.07, 6.45) is 3.42. The summed E-state index contributed by atoms with van der Waals surface area (Å²) in [5.41, 5.74) is 2.61. The zero-order chi connectivity index (χ0) is 19.8. The van der Waals surface area contributed by atoms with E-state index in [-0.39, 0.29) is 11.3 Å². The van der Waals surface area contributed by atoms with E-state index in [0.717, 1.165) is 34.2 Å². The molecule has 1 amide bonds. The maximum Gasteiger partial charge on any atom is 0.295 e. The lowest BCUT2D eigenvalue weighted by atomic mass is 9.98. The van der Waals surface area contributed by atoms with Gasteiger partial charge < -0.3 is 15.0 Å². The maximum absolute atomic E-state index is 13.0. The first kappa shape index (κ1) is 18.5. The van der Waals surface area contributed by atoms with Crippen LogP contribution in [0.25, 0.3) is 16.7 Å². The van der Waals surface area contributed by atoms with Crippen LogP contribution in [0.1, 0.15) is 41.8 Å². The number of Topliss-reactive ketones (excluding diaryl/α,β-unsaturated/α-hetero) is 1. The maximum atomic E-state index is 13.0. The number of hydrogen-bond donors (Lipinski definition) is 2. The molecule has 1 unspecified atom stereocenters. The summed E-state index contributed by atoms with van der Waals surface area (Å²) in [5.74, 6) is -1.27. The van der Waals surface area contributed by atoms with Gasteiger partial charge in [0.2, 0.25) is 0 Å². The van der Waals surface area contributed by atoms with Gasteiger partial charge in [0.05, 0.1) is 11.6 Å². The Kier molecular flexibility index (Phi) is 4.81. The number of nitrogens with one attached hydrogen (secondary N) is 1. The number of aliphatic hydroxyl groups is 1. The minimum atomic E-state index is -0.614. The normalized spacial score (nSPS) is 19.1. The van der Waals surface area contributed by atoms with Crippen LogP contribution in [0, 0.1) is 6.92 Å². The number of ketones is 1. The Morgan fingerprint density at radius 2 is 2.04 bits per heavy atom. The number of carbonyl (C=O) groups excluding carboxylic acids is 2. The summed E-state index contributed by atoms with van der Waals surface area (Å²) >= 11 is 1.51. The van der Waals surface area contributed by atoms with E-state index in [9.17, 15) is 14.7 Å². The van der Waals surface area contributed by atoms with Crippen molar-refractivity contribution in [2.24, 2.45) is 0 Å². The summed E-state index contributed by atoms with van der Waals surface area (Å²) in [4.78, 5) is 31.4. The van der Waals surface area contributed by atoms with E-state index in [0.29, 0.717) is 12.1 Å². The van der Waals surface area contributed by atoms with Crippen LogP contribution < -0.4 is 0 Å². The van der Waals surface area contributed by atoms with Gasteiger partial charge in [-0.25, -0.2) is 0 Å². The van der Waals surface area contributed by atoms with Crippen molar-refractivity contribution in [3.63, 3.8) is 0 Å². The molecular formula is C22H22N2O3S. The highest BCUT2D eigenvalue weighted by molar-refractivity contribution is 7.10. The van der Waals surface area contributed by atoms with Crippen molar-refractivity contribution in [3.8, 4) is 0 Å². The quantitative estimate of drug-likeness (QED) is 0.372. The zero-order valence-electron chi connectivity index (χ0n) is 15.9. The zero-order valence-corrected chi connectivity index (χ0v) is 16.7. The topological polar surface area (TPSA) is 73.4 Å². The number of carbonyl (C=O) groups is 2. The van der Waals surface area contributed by atoms with Gasteiger partial charge in [0.1, 0.15) is 5.76 Å². The molecule has 3 aromatic rings. The summed E-state index contributed by atoms with van der Waals surface area (Å²) in [5, 5.41) is 13.9. The number of rotatable bonds is 5. The summed E-state index contributed by atoms with van der Waals surface area (Å²) in [6.45, 7) is 4.51. The van der Waals surface area contributed by atoms with Gasteiger partial charge in [-0.05, 0) is 36.4 Å². The number of para-hydroxylation sites is 1. The van der Waals surface area contributed by atoms with Crippen LogP contribution in [-0.2, 0) is 9.59 Å². The fourth-order valence-corrected chi connectivity index (χ4v) is 4.84. The number of H-pyrrole nitrogens is 1. The largest absolute Gasteiger partial charge is 0.507 e. The van der Waals surface area contributed by atoms with Crippen LogP contribution in [0.15, 0.2) is 47.5 Å². The Balaban J connectivity index is 1.91. The monoisotopic (exact) mass is 394 g/mol. The van der Waals surface area contributed by atoms with Gasteiger partial charge in [-0.15, -0.1) is 11.3 Å². The highest BCUT2D eigenvalue weighted by atomic mass is 32.1. The van der Waals surface area contributed by atoms with Gasteiger partial charge in [0, 0.05) is 34.1 Å². The molecule has 144 valence electrons. The van der Waals surface area contributed by atoms with Crippen molar-refractivity contribution < 1.29 is 14.7 Å². The molecule has 1 aliphatic heterocycles. The van der Waals surface area contributed by atoms with Crippen molar-refractivity contribution in [2.45, 2.75) is 32.7 Å². The van der Waals surface area contributed by atoms with E-state index in [1.54, 1.807) is 11.1 Å². The molecule has 3 heterocycles. The van der Waals surface area contributed by atoms with Crippen molar-refractivity contribution in [2.75, 3.05) is 6.54 Å². The molecule has 0 saturated carbocycles. The van der Waals surface area contributed by atoms with E-state index < -0.39 is 17.7 Å². The number of fused-ring (bicyclic) bond motifs is 1. The van der Waals surface area contributed by atoms with Gasteiger partial charge >= 0.3 is 0 Å². The summed E-state index contributed by atoms with van der Waals surface area (Å²) in [7, 11) is 0. The smallest absolute Gasteiger partial charge is 0.295 e. The van der Waals surface area contributed by atoms with E-state index in [2.05, 4.69) is 4.98 Å². The molecule has 1 aliphatic rings. The first-order valence-corrected chi connectivity index (χ1v) is 10.3. The summed E-state index contributed by atoms with van der Waals surface area (Å²) < 4.78 is 0. The fraction of sp³-hybridized carbons (Fsp3) is 0.273. The molecule has 0 radical (unpaired) electrons. The molecule has 5 nitrogen and oxygen atoms in total. The highest BCUT2D eigenvalue weighted by Gasteiger charge is 2.46. The lowest BCUT2D eigenvalue weighted by Gasteiger charge is -2.24. The average molecular weight is 394 g/mol. The number of likely N-dealkylation sites (tertiary alicyclic amines) is 1. The second kappa shape index (κ2) is 7.28. The standard InChI is InChI=1S/C22H22N2O3S/c1-3-4-10-24-18(21-13(2)9-11-28-21)17(20(26)22(24)27)19(25)15-12-23-16-8-6-5-7-14(15)16/h5-9,11-12,18,23,25H,3-4,10H2,1-2H3/b19-17+. The Hall–Kier alpha value is -2.86. The van der Waals surface area contributed by atoms with Crippen molar-refractivity contribution in [1.82, 2.24) is 9.88 Å². The third kappa shape index (κ3) is 2.85. The van der Waals surface area contributed by atoms with Crippen LogP contribution in [0.3, 0.4) is 0 Å². The van der Waals surface area contributed by atoms with Gasteiger partial charge in [-0.1, -0.05) is 31.5 Å². The minimum Gasteiger partial charge on any atom is -0.507 e. The van der Waals surface area contributed by atoms with E-state index >= 15 is 0 Å². The Bertz CT molecular complexity index is 1090. The van der Waals surface area contributed by atoms with E-state index in [4.69, 9.17) is 0 Å². The van der Waals surface area contributed by atoms with Gasteiger partial charge in [0.15, 0.2) is 0 Å². The number of unbranched alkanes of at least 4 members (excludes halogenated alkanes) is 1. The molecule has 28 heavy (non-hydrogen) atoms. The number of aliphatic hydroxyl groups excluding tert-OH is 1. The molecule has 1 atom stereocenters. The van der Waals surface area contributed by atoms with Gasteiger partial charge in [-0.2, -0.15) is 0 Å². The first-order chi connectivity index (χ1) is 13.5. The average Bonchev–Trinajstić information content (AvgIpc) is 3.37. The lowest BCUT2D eigenvalue weighted by molar-refractivity contribution is -0.139. The molecular weight excluding hydrogens is 372 g/mol. The molecule has 0 bridgehead atoms. The van der Waals surface area contributed by atoms with Crippen LogP contribution in [0.4, 0.5) is 0 Å². The first-order valence-electron chi connectivity index (χ1n) is 9.43. The second-order valence-electron chi connectivity index (χ2n) is 7.06. The van der Waals surface area contributed by atoms with Crippen molar-refractivity contribution in [3.05, 3.63) is 63.5 Å². The second-order valence-corrected chi connectivity index (χ2v) is 8.01. The van der Waals surface area contributed by atoms with Crippen LogP contribution in [0.2, 0.25) is 0 Å². The molecule has 2 aromatic heterocycles.